The van der Waals surface area contributed by atoms with Crippen LogP contribution >= 0.6 is 11.3 Å². The first-order chi connectivity index (χ1) is 15.6. The van der Waals surface area contributed by atoms with Gasteiger partial charge in [-0.1, -0.05) is 0 Å². The summed E-state index contributed by atoms with van der Waals surface area (Å²) in [6.45, 7) is 0.286. The van der Waals surface area contributed by atoms with Gasteiger partial charge in [-0.15, -0.1) is 11.3 Å². The first kappa shape index (κ1) is 19.8. The number of amides is 3. The van der Waals surface area contributed by atoms with E-state index >= 15 is 0 Å². The van der Waals surface area contributed by atoms with Crippen LogP contribution in [0.3, 0.4) is 0 Å². The number of furan rings is 1. The molecule has 3 aromatic heterocycles. The van der Waals surface area contributed by atoms with E-state index in [1.807, 2.05) is 17.5 Å². The van der Waals surface area contributed by atoms with Gasteiger partial charge < -0.3 is 9.73 Å². The van der Waals surface area contributed by atoms with E-state index < -0.39 is 11.8 Å². The number of nitrogens with zero attached hydrogens (tertiary/aromatic N) is 3. The van der Waals surface area contributed by atoms with Crippen LogP contribution in [0.4, 0.5) is 0 Å². The van der Waals surface area contributed by atoms with Crippen molar-refractivity contribution in [3.8, 4) is 10.6 Å². The second-order valence-corrected chi connectivity index (χ2v) is 7.96. The van der Waals surface area contributed by atoms with Gasteiger partial charge in [-0.05, 0) is 42.5 Å². The quantitative estimate of drug-likeness (QED) is 0.456. The number of rotatable bonds is 6. The summed E-state index contributed by atoms with van der Waals surface area (Å²) < 4.78 is 5.24. The van der Waals surface area contributed by atoms with Crippen molar-refractivity contribution in [2.24, 2.45) is 0 Å². The first-order valence-corrected chi connectivity index (χ1v) is 10.6. The lowest BCUT2D eigenvalue weighted by atomic mass is 10.1. The van der Waals surface area contributed by atoms with Gasteiger partial charge in [-0.2, -0.15) is 0 Å². The number of aromatic nitrogens is 2. The lowest BCUT2D eigenvalue weighted by Crippen LogP contribution is -2.28. The lowest BCUT2D eigenvalue weighted by Gasteiger charge is -2.11. The molecule has 0 saturated heterocycles. The molecule has 5 rings (SSSR count). The zero-order chi connectivity index (χ0) is 22.1. The maximum absolute atomic E-state index is 12.7. The van der Waals surface area contributed by atoms with Crippen molar-refractivity contribution < 1.29 is 18.8 Å². The van der Waals surface area contributed by atoms with Gasteiger partial charge in [0.25, 0.3) is 17.7 Å². The molecule has 0 bridgehead atoms. The predicted octanol–water partition coefficient (Wildman–Crippen LogP) is 3.52. The van der Waals surface area contributed by atoms with Crippen LogP contribution in [0.25, 0.3) is 10.6 Å². The molecule has 3 amide bonds. The number of nitrogens with one attached hydrogen (secondary N) is 1. The van der Waals surface area contributed by atoms with Gasteiger partial charge in [-0.3, -0.25) is 24.3 Å². The number of thiazole rings is 1. The third-order valence-corrected chi connectivity index (χ3v) is 5.96. The molecule has 0 saturated carbocycles. The summed E-state index contributed by atoms with van der Waals surface area (Å²) in [6.07, 6.45) is 4.92. The van der Waals surface area contributed by atoms with Crippen LogP contribution in [0.15, 0.2) is 70.9 Å². The third-order valence-electron chi connectivity index (χ3n) is 5.02. The number of benzene rings is 1. The van der Waals surface area contributed by atoms with Crippen molar-refractivity contribution in [1.82, 2.24) is 20.2 Å². The van der Waals surface area contributed by atoms with Crippen LogP contribution in [0.5, 0.6) is 0 Å². The Morgan fingerprint density at radius 1 is 1.09 bits per heavy atom. The number of carbonyl (C=O) groups is 3. The Bertz CT molecular complexity index is 1320. The lowest BCUT2D eigenvalue weighted by molar-refractivity contribution is 0.0631. The van der Waals surface area contributed by atoms with E-state index in [4.69, 9.17) is 4.42 Å². The number of fused-ring (bicyclic) bond motifs is 1. The van der Waals surface area contributed by atoms with Crippen molar-refractivity contribution in [3.05, 3.63) is 94.6 Å². The fraction of sp³-hybridized carbons (Fsp3) is 0.0870. The summed E-state index contributed by atoms with van der Waals surface area (Å²) in [7, 11) is 0. The number of hydrogen-bond donors (Lipinski definition) is 1. The van der Waals surface area contributed by atoms with Crippen LogP contribution in [0.2, 0.25) is 0 Å². The Labute approximate surface area is 186 Å². The Kier molecular flexibility index (Phi) is 5.08. The highest BCUT2D eigenvalue weighted by Crippen LogP contribution is 2.26. The smallest absolute Gasteiger partial charge is 0.261 e. The monoisotopic (exact) mass is 444 g/mol. The number of imide groups is 1. The van der Waals surface area contributed by atoms with Crippen LogP contribution in [0.1, 0.15) is 42.5 Å². The molecule has 1 aliphatic rings. The minimum absolute atomic E-state index is 0.0456. The largest absolute Gasteiger partial charge is 0.467 e. The molecule has 9 heteroatoms. The highest BCUT2D eigenvalue weighted by molar-refractivity contribution is 7.13. The molecule has 32 heavy (non-hydrogen) atoms. The predicted molar refractivity (Wildman–Crippen MR) is 116 cm³/mol. The number of hydrogen-bond acceptors (Lipinski definition) is 7. The van der Waals surface area contributed by atoms with E-state index in [2.05, 4.69) is 15.3 Å². The fourth-order valence-corrected chi connectivity index (χ4v) is 4.23. The fourth-order valence-electron chi connectivity index (χ4n) is 3.42. The van der Waals surface area contributed by atoms with E-state index in [0.29, 0.717) is 11.3 Å². The van der Waals surface area contributed by atoms with E-state index in [1.165, 1.54) is 35.8 Å². The van der Waals surface area contributed by atoms with Crippen molar-refractivity contribution in [1.29, 1.82) is 0 Å². The van der Waals surface area contributed by atoms with Crippen molar-refractivity contribution in [2.45, 2.75) is 13.1 Å². The van der Waals surface area contributed by atoms with Gasteiger partial charge in [0.15, 0.2) is 0 Å². The molecule has 4 aromatic rings. The molecular weight excluding hydrogens is 428 g/mol. The average Bonchev–Trinajstić information content (AvgIpc) is 3.56. The van der Waals surface area contributed by atoms with Crippen molar-refractivity contribution in [2.75, 3.05) is 0 Å². The van der Waals surface area contributed by atoms with Gasteiger partial charge in [0.05, 0.1) is 36.2 Å². The molecule has 1 aromatic carbocycles. The van der Waals surface area contributed by atoms with Gasteiger partial charge in [0.1, 0.15) is 10.8 Å². The van der Waals surface area contributed by atoms with Crippen LogP contribution in [-0.2, 0) is 13.1 Å². The molecule has 8 nitrogen and oxygen atoms in total. The molecule has 4 heterocycles. The topological polar surface area (TPSA) is 105 Å². The maximum Gasteiger partial charge on any atom is 0.261 e. The van der Waals surface area contributed by atoms with Gasteiger partial charge in [0.2, 0.25) is 0 Å². The number of pyridine rings is 1. The standard InChI is InChI=1S/C23H16N4O4S/c28-20(25-11-16-13-32-21(26-16)15-3-1-7-24-10-15)14-5-6-18-19(9-14)23(30)27(22(18)29)12-17-4-2-8-31-17/h1-10,13H,11-12H2,(H,25,28). The van der Waals surface area contributed by atoms with Crippen LogP contribution < -0.4 is 5.32 Å². The summed E-state index contributed by atoms with van der Waals surface area (Å²) in [5, 5.41) is 5.50. The third kappa shape index (κ3) is 3.69. The first-order valence-electron chi connectivity index (χ1n) is 9.76. The minimum atomic E-state index is -0.448. The highest BCUT2D eigenvalue weighted by Gasteiger charge is 2.36. The number of carbonyl (C=O) groups excluding carboxylic acids is 3. The summed E-state index contributed by atoms with van der Waals surface area (Å²) in [4.78, 5) is 47.7. The van der Waals surface area contributed by atoms with E-state index in [9.17, 15) is 14.4 Å². The van der Waals surface area contributed by atoms with Crippen molar-refractivity contribution in [3.63, 3.8) is 0 Å². The normalized spacial score (nSPS) is 12.8. The Hall–Kier alpha value is -4.11. The highest BCUT2D eigenvalue weighted by atomic mass is 32.1. The molecule has 0 aliphatic carbocycles. The molecule has 0 fully saturated rings. The summed E-state index contributed by atoms with van der Waals surface area (Å²) >= 11 is 1.47. The van der Waals surface area contributed by atoms with E-state index in [-0.39, 0.29) is 30.1 Å². The second kappa shape index (κ2) is 8.20. The van der Waals surface area contributed by atoms with E-state index in [0.717, 1.165) is 21.2 Å². The van der Waals surface area contributed by atoms with Gasteiger partial charge >= 0.3 is 0 Å². The maximum atomic E-state index is 12.7. The average molecular weight is 444 g/mol. The molecule has 0 spiro atoms. The van der Waals surface area contributed by atoms with Crippen LogP contribution in [0, 0.1) is 0 Å². The summed E-state index contributed by atoms with van der Waals surface area (Å²) in [5.74, 6) is -0.699. The van der Waals surface area contributed by atoms with Gasteiger partial charge in [0, 0.05) is 28.9 Å². The minimum Gasteiger partial charge on any atom is -0.467 e. The summed E-state index contributed by atoms with van der Waals surface area (Å²) in [6, 6.07) is 11.7. The molecule has 1 N–H and O–H groups in total. The molecule has 158 valence electrons. The van der Waals surface area contributed by atoms with Crippen LogP contribution in [-0.4, -0.2) is 32.6 Å². The zero-order valence-electron chi connectivity index (χ0n) is 16.6. The molecular formula is C23H16N4O4S. The van der Waals surface area contributed by atoms with E-state index in [1.54, 1.807) is 24.5 Å². The Morgan fingerprint density at radius 2 is 1.97 bits per heavy atom. The zero-order valence-corrected chi connectivity index (χ0v) is 17.5. The van der Waals surface area contributed by atoms with Crippen molar-refractivity contribution >= 4 is 29.1 Å². The molecule has 0 radical (unpaired) electrons. The summed E-state index contributed by atoms with van der Waals surface area (Å²) in [5.41, 5.74) is 2.42. The second-order valence-electron chi connectivity index (χ2n) is 7.10. The Balaban J connectivity index is 1.27. The molecule has 0 unspecified atom stereocenters. The van der Waals surface area contributed by atoms with Gasteiger partial charge in [-0.25, -0.2) is 4.98 Å². The SMILES string of the molecule is O=C(NCc1csc(-c2cccnc2)n1)c1ccc2c(c1)C(=O)N(Cc1ccco1)C2=O. The molecule has 1 aliphatic heterocycles. The molecule has 0 atom stereocenters. The Morgan fingerprint density at radius 3 is 2.75 bits per heavy atom.